The standard InChI is InChI=1S/C17H25N3O/c1-4-11-20(5-2)12-10-18-15-13-17(21)19(3)16-9-7-6-8-14(15)16/h6-9,13,18H,4-5,10-12H2,1-3H3. The van der Waals surface area contributed by atoms with Crippen molar-refractivity contribution < 1.29 is 0 Å². The van der Waals surface area contributed by atoms with E-state index in [1.54, 1.807) is 10.6 Å². The van der Waals surface area contributed by atoms with Gasteiger partial charge in [0.1, 0.15) is 0 Å². The van der Waals surface area contributed by atoms with Crippen molar-refractivity contribution >= 4 is 16.6 Å². The molecule has 1 heterocycles. The van der Waals surface area contributed by atoms with E-state index in [0.29, 0.717) is 0 Å². The Morgan fingerprint density at radius 3 is 2.67 bits per heavy atom. The summed E-state index contributed by atoms with van der Waals surface area (Å²) < 4.78 is 1.69. The van der Waals surface area contributed by atoms with Crippen molar-refractivity contribution in [3.05, 3.63) is 40.7 Å². The maximum Gasteiger partial charge on any atom is 0.252 e. The van der Waals surface area contributed by atoms with Crippen molar-refractivity contribution in [2.45, 2.75) is 20.3 Å². The Bertz CT molecular complexity index is 648. The van der Waals surface area contributed by atoms with Gasteiger partial charge in [0.15, 0.2) is 0 Å². The lowest BCUT2D eigenvalue weighted by atomic mass is 10.2. The Morgan fingerprint density at radius 1 is 1.19 bits per heavy atom. The lowest BCUT2D eigenvalue weighted by Crippen LogP contribution is -2.30. The molecule has 114 valence electrons. The quantitative estimate of drug-likeness (QED) is 0.850. The largest absolute Gasteiger partial charge is 0.383 e. The predicted molar refractivity (Wildman–Crippen MR) is 90.1 cm³/mol. The van der Waals surface area contributed by atoms with Gasteiger partial charge in [-0.2, -0.15) is 0 Å². The third-order valence-electron chi connectivity index (χ3n) is 3.88. The first-order valence-corrected chi connectivity index (χ1v) is 7.72. The van der Waals surface area contributed by atoms with Crippen LogP contribution in [0, 0.1) is 0 Å². The first-order valence-electron chi connectivity index (χ1n) is 7.72. The van der Waals surface area contributed by atoms with Gasteiger partial charge in [-0.05, 0) is 25.6 Å². The number of aryl methyl sites for hydroxylation is 1. The highest BCUT2D eigenvalue weighted by Gasteiger charge is 2.06. The molecule has 0 bridgehead atoms. The van der Waals surface area contributed by atoms with Gasteiger partial charge in [0, 0.05) is 37.3 Å². The average Bonchev–Trinajstić information content (AvgIpc) is 2.51. The summed E-state index contributed by atoms with van der Waals surface area (Å²) in [5, 5.41) is 4.52. The number of hydrogen-bond acceptors (Lipinski definition) is 3. The zero-order valence-corrected chi connectivity index (χ0v) is 13.2. The summed E-state index contributed by atoms with van der Waals surface area (Å²) in [6, 6.07) is 9.70. The number of benzene rings is 1. The minimum atomic E-state index is 0.0251. The van der Waals surface area contributed by atoms with Crippen molar-refractivity contribution in [2.75, 3.05) is 31.5 Å². The predicted octanol–water partition coefficient (Wildman–Crippen LogP) is 2.68. The van der Waals surface area contributed by atoms with Gasteiger partial charge in [0.05, 0.1) is 5.52 Å². The number of fused-ring (bicyclic) bond motifs is 1. The van der Waals surface area contributed by atoms with Gasteiger partial charge in [-0.3, -0.25) is 4.79 Å². The molecule has 0 saturated carbocycles. The van der Waals surface area contributed by atoms with Crippen LogP contribution in [-0.2, 0) is 7.05 Å². The first-order chi connectivity index (χ1) is 10.2. The topological polar surface area (TPSA) is 37.3 Å². The van der Waals surface area contributed by atoms with E-state index < -0.39 is 0 Å². The fourth-order valence-electron chi connectivity index (χ4n) is 2.65. The van der Waals surface area contributed by atoms with E-state index in [-0.39, 0.29) is 5.56 Å². The molecule has 1 aromatic heterocycles. The Hall–Kier alpha value is -1.81. The number of nitrogens with zero attached hydrogens (tertiary/aromatic N) is 2. The van der Waals surface area contributed by atoms with Crippen LogP contribution in [0.1, 0.15) is 20.3 Å². The van der Waals surface area contributed by atoms with Gasteiger partial charge >= 0.3 is 0 Å². The third-order valence-corrected chi connectivity index (χ3v) is 3.88. The number of rotatable bonds is 7. The molecule has 0 fully saturated rings. The fourth-order valence-corrected chi connectivity index (χ4v) is 2.65. The van der Waals surface area contributed by atoms with E-state index in [1.807, 2.05) is 25.2 Å². The summed E-state index contributed by atoms with van der Waals surface area (Å²) >= 11 is 0. The lowest BCUT2D eigenvalue weighted by molar-refractivity contribution is 0.300. The molecule has 21 heavy (non-hydrogen) atoms. The lowest BCUT2D eigenvalue weighted by Gasteiger charge is -2.20. The molecule has 0 aliphatic rings. The van der Waals surface area contributed by atoms with Crippen molar-refractivity contribution in [1.82, 2.24) is 9.47 Å². The van der Waals surface area contributed by atoms with E-state index in [9.17, 15) is 4.79 Å². The summed E-state index contributed by atoms with van der Waals surface area (Å²) in [6.07, 6.45) is 1.17. The molecule has 2 rings (SSSR count). The Balaban J connectivity index is 2.16. The van der Waals surface area contributed by atoms with Gasteiger partial charge in [0.25, 0.3) is 5.56 Å². The molecular weight excluding hydrogens is 262 g/mol. The van der Waals surface area contributed by atoms with Crippen LogP contribution >= 0.6 is 0 Å². The molecule has 0 aliphatic carbocycles. The number of aromatic nitrogens is 1. The van der Waals surface area contributed by atoms with Crippen LogP contribution in [0.2, 0.25) is 0 Å². The summed E-state index contributed by atoms with van der Waals surface area (Å²) in [5.41, 5.74) is 1.92. The normalized spacial score (nSPS) is 11.2. The summed E-state index contributed by atoms with van der Waals surface area (Å²) in [4.78, 5) is 14.4. The second-order valence-electron chi connectivity index (χ2n) is 5.33. The van der Waals surface area contributed by atoms with Crippen LogP contribution in [0.15, 0.2) is 35.1 Å². The molecule has 0 saturated heterocycles. The second-order valence-corrected chi connectivity index (χ2v) is 5.33. The van der Waals surface area contributed by atoms with Crippen LogP contribution in [0.5, 0.6) is 0 Å². The van der Waals surface area contributed by atoms with E-state index in [4.69, 9.17) is 0 Å². The van der Waals surface area contributed by atoms with Crippen molar-refractivity contribution in [3.63, 3.8) is 0 Å². The van der Waals surface area contributed by atoms with Gasteiger partial charge in [-0.1, -0.05) is 32.0 Å². The molecule has 0 radical (unpaired) electrons. The molecular formula is C17H25N3O. The average molecular weight is 287 g/mol. The molecule has 4 nitrogen and oxygen atoms in total. The molecule has 0 spiro atoms. The van der Waals surface area contributed by atoms with Gasteiger partial charge < -0.3 is 14.8 Å². The smallest absolute Gasteiger partial charge is 0.252 e. The maximum atomic E-state index is 12.0. The van der Waals surface area contributed by atoms with Gasteiger partial charge in [-0.25, -0.2) is 0 Å². The molecule has 1 aromatic carbocycles. The maximum absolute atomic E-state index is 12.0. The monoisotopic (exact) mass is 287 g/mol. The number of para-hydroxylation sites is 1. The molecule has 4 heteroatoms. The number of nitrogens with one attached hydrogen (secondary N) is 1. The highest BCUT2D eigenvalue weighted by Crippen LogP contribution is 2.20. The van der Waals surface area contributed by atoms with Gasteiger partial charge in [-0.15, -0.1) is 0 Å². The highest BCUT2D eigenvalue weighted by molar-refractivity contribution is 5.91. The summed E-state index contributed by atoms with van der Waals surface area (Å²) in [5.74, 6) is 0. The molecule has 0 atom stereocenters. The number of hydrogen-bond donors (Lipinski definition) is 1. The SMILES string of the molecule is CCCN(CC)CCNc1cc(=O)n(C)c2ccccc12. The van der Waals surface area contributed by atoms with Crippen LogP contribution in [0.3, 0.4) is 0 Å². The van der Waals surface area contributed by atoms with Crippen LogP contribution in [0.25, 0.3) is 10.9 Å². The van der Waals surface area contributed by atoms with E-state index in [0.717, 1.165) is 42.8 Å². The van der Waals surface area contributed by atoms with Crippen LogP contribution in [-0.4, -0.2) is 35.6 Å². The number of pyridine rings is 1. The number of likely N-dealkylation sites (N-methyl/N-ethyl adjacent to an activating group) is 1. The zero-order valence-electron chi connectivity index (χ0n) is 13.2. The fraction of sp³-hybridized carbons (Fsp3) is 0.471. The van der Waals surface area contributed by atoms with Crippen LogP contribution in [0.4, 0.5) is 5.69 Å². The Kier molecular flexibility index (Phi) is 5.39. The van der Waals surface area contributed by atoms with Crippen LogP contribution < -0.4 is 10.9 Å². The van der Waals surface area contributed by atoms with E-state index in [1.165, 1.54) is 6.42 Å². The minimum absolute atomic E-state index is 0.0251. The molecule has 0 amide bonds. The van der Waals surface area contributed by atoms with Crippen molar-refractivity contribution in [2.24, 2.45) is 7.05 Å². The van der Waals surface area contributed by atoms with Crippen molar-refractivity contribution in [3.8, 4) is 0 Å². The first kappa shape index (κ1) is 15.6. The van der Waals surface area contributed by atoms with E-state index >= 15 is 0 Å². The minimum Gasteiger partial charge on any atom is -0.383 e. The van der Waals surface area contributed by atoms with Gasteiger partial charge in [0.2, 0.25) is 0 Å². The molecule has 0 unspecified atom stereocenters. The third kappa shape index (κ3) is 3.64. The molecule has 2 aromatic rings. The second kappa shape index (κ2) is 7.27. The zero-order chi connectivity index (χ0) is 15.2. The molecule has 0 aliphatic heterocycles. The van der Waals surface area contributed by atoms with E-state index in [2.05, 4.69) is 30.1 Å². The Labute approximate surface area is 126 Å². The van der Waals surface area contributed by atoms with Crippen molar-refractivity contribution in [1.29, 1.82) is 0 Å². The summed E-state index contributed by atoms with van der Waals surface area (Å²) in [6.45, 7) is 8.41. The summed E-state index contributed by atoms with van der Waals surface area (Å²) in [7, 11) is 1.81. The highest BCUT2D eigenvalue weighted by atomic mass is 16.1. The number of anilines is 1. The Morgan fingerprint density at radius 2 is 1.95 bits per heavy atom. The molecule has 1 N–H and O–H groups in total.